The summed E-state index contributed by atoms with van der Waals surface area (Å²) in [6.07, 6.45) is 4.05. The summed E-state index contributed by atoms with van der Waals surface area (Å²) < 4.78 is 1.72. The first-order valence-corrected chi connectivity index (χ1v) is 4.55. The molecule has 1 heterocycles. The Balaban J connectivity index is 2.48. The van der Waals surface area contributed by atoms with Crippen LogP contribution < -0.4 is 5.73 Å². The van der Waals surface area contributed by atoms with Gasteiger partial charge in [-0.25, -0.2) is 0 Å². The molecule has 0 saturated heterocycles. The molecule has 0 atom stereocenters. The summed E-state index contributed by atoms with van der Waals surface area (Å²) in [7, 11) is 3.62. The second kappa shape index (κ2) is 4.76. The molecule has 0 radical (unpaired) electrons. The second-order valence-electron chi connectivity index (χ2n) is 3.31. The highest BCUT2D eigenvalue weighted by Gasteiger charge is 2.08. The van der Waals surface area contributed by atoms with Crippen LogP contribution >= 0.6 is 0 Å². The molecule has 1 rings (SSSR count). The van der Waals surface area contributed by atoms with Crippen LogP contribution in [0.2, 0.25) is 0 Å². The number of nitrogens with zero attached hydrogens (tertiary/aromatic N) is 3. The van der Waals surface area contributed by atoms with E-state index in [0.717, 1.165) is 5.56 Å². The van der Waals surface area contributed by atoms with Crippen molar-refractivity contribution in [3.05, 3.63) is 18.0 Å². The van der Waals surface area contributed by atoms with Crippen LogP contribution in [0.4, 0.5) is 0 Å². The Bertz CT molecular complexity index is 308. The summed E-state index contributed by atoms with van der Waals surface area (Å²) in [5, 5.41) is 4.03. The molecule has 0 fully saturated rings. The molecule has 0 aliphatic rings. The summed E-state index contributed by atoms with van der Waals surface area (Å²) >= 11 is 0. The molecule has 1 aromatic rings. The third-order valence-corrected chi connectivity index (χ3v) is 1.96. The highest BCUT2D eigenvalue weighted by atomic mass is 16.2. The molecule has 14 heavy (non-hydrogen) atoms. The number of rotatable bonds is 4. The van der Waals surface area contributed by atoms with Gasteiger partial charge in [-0.2, -0.15) is 5.10 Å². The Morgan fingerprint density at radius 3 is 2.93 bits per heavy atom. The van der Waals surface area contributed by atoms with Crippen LogP contribution in [0.3, 0.4) is 0 Å². The quantitative estimate of drug-likeness (QED) is 0.720. The van der Waals surface area contributed by atoms with Crippen molar-refractivity contribution in [3.8, 4) is 0 Å². The van der Waals surface area contributed by atoms with Crippen molar-refractivity contribution in [2.45, 2.75) is 13.0 Å². The number of carbonyl (C=O) groups excluding carboxylic acids is 1. The van der Waals surface area contributed by atoms with E-state index in [0.29, 0.717) is 19.5 Å². The highest BCUT2D eigenvalue weighted by molar-refractivity contribution is 5.75. The number of hydrogen-bond donors (Lipinski definition) is 1. The van der Waals surface area contributed by atoms with Gasteiger partial charge in [0.05, 0.1) is 6.20 Å². The van der Waals surface area contributed by atoms with Gasteiger partial charge in [0.1, 0.15) is 0 Å². The lowest BCUT2D eigenvalue weighted by atomic mass is 10.3. The summed E-state index contributed by atoms with van der Waals surface area (Å²) in [5.74, 6) is 0.0661. The maximum Gasteiger partial charge on any atom is 0.223 e. The zero-order valence-corrected chi connectivity index (χ0v) is 8.60. The van der Waals surface area contributed by atoms with E-state index in [2.05, 4.69) is 5.10 Å². The largest absolute Gasteiger partial charge is 0.341 e. The SMILES string of the molecule is CN(Cc1cnn(C)c1)C(=O)CCN. The molecule has 0 spiro atoms. The Hall–Kier alpha value is -1.36. The Morgan fingerprint density at radius 2 is 2.43 bits per heavy atom. The number of carbonyl (C=O) groups is 1. The van der Waals surface area contributed by atoms with Gasteiger partial charge in [-0.3, -0.25) is 9.48 Å². The standard InChI is InChI=1S/C9H16N4O/c1-12(9(14)3-4-10)6-8-5-11-13(2)7-8/h5,7H,3-4,6,10H2,1-2H3. The van der Waals surface area contributed by atoms with Gasteiger partial charge < -0.3 is 10.6 Å². The first-order valence-electron chi connectivity index (χ1n) is 4.55. The lowest BCUT2D eigenvalue weighted by Gasteiger charge is -2.15. The van der Waals surface area contributed by atoms with Crippen LogP contribution in [0.5, 0.6) is 0 Å². The topological polar surface area (TPSA) is 64.2 Å². The minimum absolute atomic E-state index is 0.0661. The molecule has 5 nitrogen and oxygen atoms in total. The van der Waals surface area contributed by atoms with E-state index in [1.165, 1.54) is 0 Å². The summed E-state index contributed by atoms with van der Waals surface area (Å²) in [6.45, 7) is 0.989. The van der Waals surface area contributed by atoms with E-state index >= 15 is 0 Å². The van der Waals surface area contributed by atoms with Gasteiger partial charge in [-0.05, 0) is 0 Å². The molecule has 0 bridgehead atoms. The van der Waals surface area contributed by atoms with Crippen LogP contribution in [0.25, 0.3) is 0 Å². The van der Waals surface area contributed by atoms with Gasteiger partial charge in [-0.15, -0.1) is 0 Å². The predicted molar refractivity (Wildman–Crippen MR) is 53.4 cm³/mol. The molecule has 0 unspecified atom stereocenters. The molecule has 2 N–H and O–H groups in total. The van der Waals surface area contributed by atoms with Crippen LogP contribution in [0.15, 0.2) is 12.4 Å². The lowest BCUT2D eigenvalue weighted by molar-refractivity contribution is -0.130. The molecule has 0 saturated carbocycles. The average Bonchev–Trinajstić information content (AvgIpc) is 2.51. The van der Waals surface area contributed by atoms with Crippen molar-refractivity contribution in [2.75, 3.05) is 13.6 Å². The first-order chi connectivity index (χ1) is 6.63. The van der Waals surface area contributed by atoms with Gasteiger partial charge >= 0.3 is 0 Å². The first kappa shape index (κ1) is 10.7. The Kier molecular flexibility index (Phi) is 3.64. The number of nitrogens with two attached hydrogens (primary N) is 1. The van der Waals surface area contributed by atoms with Crippen LogP contribution in [0, 0.1) is 0 Å². The number of aromatic nitrogens is 2. The third kappa shape index (κ3) is 2.85. The van der Waals surface area contributed by atoms with Gasteiger partial charge in [0.2, 0.25) is 5.91 Å². The van der Waals surface area contributed by atoms with Crippen molar-refractivity contribution >= 4 is 5.91 Å². The van der Waals surface area contributed by atoms with E-state index in [9.17, 15) is 4.79 Å². The fourth-order valence-electron chi connectivity index (χ4n) is 1.23. The molecule has 0 aromatic carbocycles. The number of amides is 1. The molecule has 1 aromatic heterocycles. The van der Waals surface area contributed by atoms with Crippen molar-refractivity contribution in [3.63, 3.8) is 0 Å². The Morgan fingerprint density at radius 1 is 1.71 bits per heavy atom. The van der Waals surface area contributed by atoms with Gasteiger partial charge in [0.15, 0.2) is 0 Å². The van der Waals surface area contributed by atoms with Crippen LogP contribution in [0.1, 0.15) is 12.0 Å². The smallest absolute Gasteiger partial charge is 0.223 e. The normalized spacial score (nSPS) is 10.2. The van der Waals surface area contributed by atoms with E-state index in [1.54, 1.807) is 22.8 Å². The van der Waals surface area contributed by atoms with Crippen molar-refractivity contribution in [2.24, 2.45) is 12.8 Å². The molecule has 1 amide bonds. The molecule has 0 aliphatic heterocycles. The van der Waals surface area contributed by atoms with E-state index in [-0.39, 0.29) is 5.91 Å². The van der Waals surface area contributed by atoms with Crippen LogP contribution in [-0.2, 0) is 18.4 Å². The molecular formula is C9H16N4O. The van der Waals surface area contributed by atoms with Gasteiger partial charge in [-0.1, -0.05) is 0 Å². The molecule has 0 aliphatic carbocycles. The maximum atomic E-state index is 11.4. The fraction of sp³-hybridized carbons (Fsp3) is 0.556. The fourth-order valence-corrected chi connectivity index (χ4v) is 1.23. The van der Waals surface area contributed by atoms with E-state index < -0.39 is 0 Å². The third-order valence-electron chi connectivity index (χ3n) is 1.96. The molecular weight excluding hydrogens is 180 g/mol. The highest BCUT2D eigenvalue weighted by Crippen LogP contribution is 2.02. The lowest BCUT2D eigenvalue weighted by Crippen LogP contribution is -2.27. The van der Waals surface area contributed by atoms with Crippen LogP contribution in [-0.4, -0.2) is 34.2 Å². The minimum Gasteiger partial charge on any atom is -0.341 e. The summed E-state index contributed by atoms with van der Waals surface area (Å²) in [6, 6.07) is 0. The summed E-state index contributed by atoms with van der Waals surface area (Å²) in [4.78, 5) is 13.0. The van der Waals surface area contributed by atoms with E-state index in [4.69, 9.17) is 5.73 Å². The number of hydrogen-bond acceptors (Lipinski definition) is 3. The zero-order chi connectivity index (χ0) is 10.6. The van der Waals surface area contributed by atoms with Gasteiger partial charge in [0.25, 0.3) is 0 Å². The number of aryl methyl sites for hydroxylation is 1. The molecule has 5 heteroatoms. The second-order valence-corrected chi connectivity index (χ2v) is 3.31. The van der Waals surface area contributed by atoms with Crippen molar-refractivity contribution < 1.29 is 4.79 Å². The van der Waals surface area contributed by atoms with Gasteiger partial charge in [0, 0.05) is 45.4 Å². The minimum atomic E-state index is 0.0661. The zero-order valence-electron chi connectivity index (χ0n) is 8.60. The average molecular weight is 196 g/mol. The predicted octanol–water partition coefficient (Wildman–Crippen LogP) is -0.273. The molecule has 78 valence electrons. The van der Waals surface area contributed by atoms with E-state index in [1.807, 2.05) is 13.2 Å². The Labute approximate surface area is 83.5 Å². The van der Waals surface area contributed by atoms with Crippen molar-refractivity contribution in [1.29, 1.82) is 0 Å². The summed E-state index contributed by atoms with van der Waals surface area (Å²) in [5.41, 5.74) is 6.33. The maximum absolute atomic E-state index is 11.4. The van der Waals surface area contributed by atoms with Crippen molar-refractivity contribution in [1.82, 2.24) is 14.7 Å². The monoisotopic (exact) mass is 196 g/mol.